The normalized spacial score (nSPS) is 24.7. The van der Waals surface area contributed by atoms with Crippen molar-refractivity contribution in [3.8, 4) is 0 Å². The molecule has 0 aromatic heterocycles. The Morgan fingerprint density at radius 1 is 0.742 bits per heavy atom. The fraction of sp³-hybridized carbons (Fsp3) is 0.160. The van der Waals surface area contributed by atoms with Crippen LogP contribution < -0.4 is 0 Å². The number of hydrogen-bond acceptors (Lipinski definition) is 5. The largest absolute Gasteiger partial charge is 0.478 e. The summed E-state index contributed by atoms with van der Waals surface area (Å²) in [5.74, 6) is -3.09. The summed E-state index contributed by atoms with van der Waals surface area (Å²) in [4.78, 5) is 36.3. The van der Waals surface area contributed by atoms with Crippen LogP contribution in [-0.2, 0) is 14.4 Å². The van der Waals surface area contributed by atoms with Gasteiger partial charge in [-0.05, 0) is 49.8 Å². The molecule has 6 nitrogen and oxygen atoms in total. The fourth-order valence-electron chi connectivity index (χ4n) is 2.56. The predicted molar refractivity (Wildman–Crippen MR) is 120 cm³/mol. The maximum Gasteiger partial charge on any atom is 0.328 e. The van der Waals surface area contributed by atoms with Gasteiger partial charge in [0.05, 0.1) is 0 Å². The van der Waals surface area contributed by atoms with Crippen LogP contribution in [0.3, 0.4) is 0 Å². The maximum absolute atomic E-state index is 12.8. The third kappa shape index (κ3) is 6.99. The van der Waals surface area contributed by atoms with Gasteiger partial charge < -0.3 is 15.3 Å². The van der Waals surface area contributed by atoms with E-state index in [1.807, 2.05) is 13.8 Å². The molecule has 0 fully saturated rings. The van der Waals surface area contributed by atoms with Crippen molar-refractivity contribution in [3.05, 3.63) is 109 Å². The van der Waals surface area contributed by atoms with E-state index in [0.717, 1.165) is 36.5 Å². The lowest BCUT2D eigenvalue weighted by atomic mass is 9.72. The summed E-state index contributed by atoms with van der Waals surface area (Å²) in [6.45, 7) is 3.64. The Kier molecular flexibility index (Phi) is 9.98. The first-order valence-electron chi connectivity index (χ1n) is 9.50. The maximum atomic E-state index is 12.8. The van der Waals surface area contributed by atoms with Gasteiger partial charge in [-0.1, -0.05) is 66.8 Å². The molecular formula is C25H26O6. The molecule has 0 amide bonds. The Bertz CT molecular complexity index is 952. The van der Waals surface area contributed by atoms with E-state index in [0.29, 0.717) is 0 Å². The van der Waals surface area contributed by atoms with Crippen LogP contribution in [0.15, 0.2) is 109 Å². The highest BCUT2D eigenvalue weighted by Crippen LogP contribution is 2.34. The second-order valence-electron chi connectivity index (χ2n) is 6.45. The number of carboxylic acid groups (broad SMARTS) is 1. The van der Waals surface area contributed by atoms with Gasteiger partial charge in [-0.25, -0.2) is 4.79 Å². The van der Waals surface area contributed by atoms with Gasteiger partial charge in [0.25, 0.3) is 0 Å². The van der Waals surface area contributed by atoms with Crippen molar-refractivity contribution in [1.29, 1.82) is 0 Å². The molecule has 1 aliphatic carbocycles. The molecule has 0 aliphatic heterocycles. The topological polar surface area (TPSA) is 112 Å². The van der Waals surface area contributed by atoms with E-state index in [2.05, 4.69) is 0 Å². The van der Waals surface area contributed by atoms with Crippen molar-refractivity contribution in [1.82, 2.24) is 0 Å². The van der Waals surface area contributed by atoms with Crippen molar-refractivity contribution in [2.24, 2.45) is 0 Å². The lowest BCUT2D eigenvalue weighted by Crippen LogP contribution is -2.61. The van der Waals surface area contributed by atoms with Crippen molar-refractivity contribution in [3.63, 3.8) is 0 Å². The number of ketones is 2. The molecule has 0 aromatic carbocycles. The lowest BCUT2D eigenvalue weighted by Gasteiger charge is -2.38. The first-order valence-corrected chi connectivity index (χ1v) is 9.50. The van der Waals surface area contributed by atoms with E-state index < -0.39 is 28.7 Å². The molecule has 0 aromatic rings. The van der Waals surface area contributed by atoms with Gasteiger partial charge >= 0.3 is 5.97 Å². The standard InChI is InChI=1S/C25H26O6/c1-3-5-7-9-11-13-21(26)24(30)18-17-20(15-16-23(28)29)19-25(24,31)22(27)14-12-10-8-6-4-2/h3-19,30-31H,1-2H3,(H,28,29). The van der Waals surface area contributed by atoms with Crippen LogP contribution in [0.25, 0.3) is 0 Å². The van der Waals surface area contributed by atoms with Crippen LogP contribution in [-0.4, -0.2) is 44.1 Å². The zero-order chi connectivity index (χ0) is 23.3. The van der Waals surface area contributed by atoms with Crippen molar-refractivity contribution in [2.75, 3.05) is 0 Å². The first-order chi connectivity index (χ1) is 14.7. The Hall–Kier alpha value is -3.61. The van der Waals surface area contributed by atoms with Gasteiger partial charge in [0.15, 0.2) is 22.8 Å². The van der Waals surface area contributed by atoms with E-state index in [9.17, 15) is 24.6 Å². The van der Waals surface area contributed by atoms with Crippen LogP contribution >= 0.6 is 0 Å². The molecule has 0 spiro atoms. The smallest absolute Gasteiger partial charge is 0.328 e. The van der Waals surface area contributed by atoms with Crippen molar-refractivity contribution >= 4 is 17.5 Å². The number of carbonyl (C=O) groups is 3. The number of aliphatic carboxylic acids is 1. The number of allylic oxidation sites excluding steroid dienone is 13. The van der Waals surface area contributed by atoms with Crippen molar-refractivity contribution < 1.29 is 29.7 Å². The summed E-state index contributed by atoms with van der Waals surface area (Å²) in [5, 5.41) is 31.0. The number of carboxylic acids is 1. The summed E-state index contributed by atoms with van der Waals surface area (Å²) in [7, 11) is 0. The molecule has 1 aliphatic rings. The summed E-state index contributed by atoms with van der Waals surface area (Å²) >= 11 is 0. The van der Waals surface area contributed by atoms with Crippen LogP contribution in [0.2, 0.25) is 0 Å². The van der Waals surface area contributed by atoms with Crippen LogP contribution in [0.5, 0.6) is 0 Å². The SMILES string of the molecule is CC=CC=CC=CC(=O)C1(O)C=CC(C=CC(=O)O)=CC1(O)C(=O)C=CC=CC=CC. The summed E-state index contributed by atoms with van der Waals surface area (Å²) < 4.78 is 0. The zero-order valence-corrected chi connectivity index (χ0v) is 17.4. The van der Waals surface area contributed by atoms with Gasteiger partial charge in [0.1, 0.15) is 0 Å². The molecule has 2 atom stereocenters. The molecule has 162 valence electrons. The van der Waals surface area contributed by atoms with E-state index in [1.165, 1.54) is 18.2 Å². The van der Waals surface area contributed by atoms with Crippen LogP contribution in [0.1, 0.15) is 13.8 Å². The molecule has 0 radical (unpaired) electrons. The third-order valence-corrected chi connectivity index (χ3v) is 4.19. The van der Waals surface area contributed by atoms with Gasteiger partial charge in [-0.2, -0.15) is 0 Å². The Labute approximate surface area is 181 Å². The first kappa shape index (κ1) is 25.4. The molecule has 0 heterocycles. The molecular weight excluding hydrogens is 396 g/mol. The Morgan fingerprint density at radius 3 is 1.71 bits per heavy atom. The highest BCUT2D eigenvalue weighted by Gasteiger charge is 2.56. The minimum atomic E-state index is -2.64. The molecule has 3 N–H and O–H groups in total. The third-order valence-electron chi connectivity index (χ3n) is 4.19. The van der Waals surface area contributed by atoms with Crippen LogP contribution in [0, 0.1) is 0 Å². The van der Waals surface area contributed by atoms with Gasteiger partial charge in [0, 0.05) is 6.08 Å². The van der Waals surface area contributed by atoms with E-state index >= 15 is 0 Å². The summed E-state index contributed by atoms with van der Waals surface area (Å²) in [6.07, 6.45) is 23.4. The molecule has 31 heavy (non-hydrogen) atoms. The Balaban J connectivity index is 3.37. The second-order valence-corrected chi connectivity index (χ2v) is 6.45. The molecule has 0 bridgehead atoms. The number of rotatable bonds is 10. The number of aliphatic hydroxyl groups is 2. The minimum Gasteiger partial charge on any atom is -0.478 e. The number of hydrogen-bond donors (Lipinski definition) is 3. The van der Waals surface area contributed by atoms with Crippen LogP contribution in [0.4, 0.5) is 0 Å². The predicted octanol–water partition coefficient (Wildman–Crippen LogP) is 3.10. The average Bonchev–Trinajstić information content (AvgIpc) is 2.73. The molecule has 0 saturated carbocycles. The Morgan fingerprint density at radius 2 is 1.23 bits per heavy atom. The summed E-state index contributed by atoms with van der Waals surface area (Å²) in [5.41, 5.74) is -5.07. The van der Waals surface area contributed by atoms with Crippen molar-refractivity contribution in [2.45, 2.75) is 25.0 Å². The van der Waals surface area contributed by atoms with E-state index in [-0.39, 0.29) is 5.57 Å². The second kappa shape index (κ2) is 12.2. The molecule has 1 rings (SSSR count). The van der Waals surface area contributed by atoms with E-state index in [4.69, 9.17) is 5.11 Å². The highest BCUT2D eigenvalue weighted by molar-refractivity contribution is 6.10. The van der Waals surface area contributed by atoms with Gasteiger partial charge in [0.2, 0.25) is 0 Å². The number of carbonyl (C=O) groups excluding carboxylic acids is 2. The zero-order valence-electron chi connectivity index (χ0n) is 17.4. The van der Waals surface area contributed by atoms with E-state index in [1.54, 1.807) is 48.6 Å². The van der Waals surface area contributed by atoms with Gasteiger partial charge in [-0.3, -0.25) is 9.59 Å². The molecule has 0 saturated heterocycles. The quantitative estimate of drug-likeness (QED) is 0.368. The highest BCUT2D eigenvalue weighted by atomic mass is 16.4. The molecule has 6 heteroatoms. The molecule has 2 unspecified atom stereocenters. The monoisotopic (exact) mass is 422 g/mol. The fourth-order valence-corrected chi connectivity index (χ4v) is 2.56. The minimum absolute atomic E-state index is 0.144. The van der Waals surface area contributed by atoms with Gasteiger partial charge in [-0.15, -0.1) is 0 Å². The lowest BCUT2D eigenvalue weighted by molar-refractivity contribution is -0.158. The summed E-state index contributed by atoms with van der Waals surface area (Å²) in [6, 6.07) is 0. The average molecular weight is 422 g/mol.